The van der Waals surface area contributed by atoms with Crippen molar-refractivity contribution < 1.29 is 0 Å². The van der Waals surface area contributed by atoms with Crippen LogP contribution in [0.15, 0.2) is 39.9 Å². The van der Waals surface area contributed by atoms with E-state index < -0.39 is 0 Å². The number of aromatic nitrogens is 2. The Kier molecular flexibility index (Phi) is 1.82. The maximum Gasteiger partial charge on any atom is 0.271 e. The lowest BCUT2D eigenvalue weighted by Gasteiger charge is -2.03. The number of rotatable bonds is 0. The molecule has 0 bridgehead atoms. The minimum Gasteiger partial charge on any atom is -0.399 e. The molecule has 0 radical (unpaired) electrons. The molecule has 2 aromatic carbocycles. The van der Waals surface area contributed by atoms with Gasteiger partial charge in [0.2, 0.25) is 0 Å². The third-order valence-electron chi connectivity index (χ3n) is 2.81. The van der Waals surface area contributed by atoms with E-state index in [0.717, 1.165) is 5.39 Å². The van der Waals surface area contributed by atoms with Crippen LogP contribution in [-0.4, -0.2) is 10.2 Å². The van der Waals surface area contributed by atoms with Gasteiger partial charge in [-0.15, -0.1) is 0 Å². The first kappa shape index (κ1) is 9.65. The molecule has 4 N–H and O–H groups in total. The number of nitrogen functional groups attached to an aromatic ring is 1. The fraction of sp³-hybridized carbons (Fsp3) is 0. The van der Waals surface area contributed by atoms with Crippen LogP contribution in [0.4, 0.5) is 5.69 Å². The molecule has 0 aliphatic carbocycles. The minimum atomic E-state index is -0.323. The van der Waals surface area contributed by atoms with Crippen molar-refractivity contribution in [3.8, 4) is 0 Å². The smallest absolute Gasteiger partial charge is 0.271 e. The normalized spacial score (nSPS) is 11.1. The molecule has 0 saturated carbocycles. The zero-order valence-electron chi connectivity index (χ0n) is 8.78. The van der Waals surface area contributed by atoms with E-state index in [2.05, 4.69) is 10.2 Å². The lowest BCUT2D eigenvalue weighted by atomic mass is 10.0. The highest BCUT2D eigenvalue weighted by Crippen LogP contribution is 2.22. The predicted molar refractivity (Wildman–Crippen MR) is 67.1 cm³/mol. The van der Waals surface area contributed by atoms with Gasteiger partial charge in [0.05, 0.1) is 10.8 Å². The maximum absolute atomic E-state index is 11.8. The number of benzene rings is 2. The highest BCUT2D eigenvalue weighted by atomic mass is 16.1. The van der Waals surface area contributed by atoms with E-state index in [9.17, 15) is 9.59 Å². The third kappa shape index (κ3) is 1.32. The molecule has 84 valence electrons. The molecule has 5 heteroatoms. The number of nitrogens with two attached hydrogens (primary N) is 1. The van der Waals surface area contributed by atoms with Gasteiger partial charge in [-0.3, -0.25) is 19.8 Å². The van der Waals surface area contributed by atoms with Gasteiger partial charge in [0.25, 0.3) is 11.1 Å². The molecule has 1 heterocycles. The van der Waals surface area contributed by atoms with Gasteiger partial charge in [0.15, 0.2) is 0 Å². The monoisotopic (exact) mass is 227 g/mol. The number of fused-ring (bicyclic) bond motifs is 3. The van der Waals surface area contributed by atoms with Crippen LogP contribution in [0.1, 0.15) is 0 Å². The SMILES string of the molecule is Nc1ccc2ccc3c(=O)[nH][nH]c(=O)c3c2c1. The highest BCUT2D eigenvalue weighted by molar-refractivity contribution is 6.07. The Labute approximate surface area is 94.9 Å². The minimum absolute atomic E-state index is 0.316. The summed E-state index contributed by atoms with van der Waals surface area (Å²) >= 11 is 0. The van der Waals surface area contributed by atoms with Crippen LogP contribution in [-0.2, 0) is 0 Å². The van der Waals surface area contributed by atoms with Crippen LogP contribution in [0.5, 0.6) is 0 Å². The van der Waals surface area contributed by atoms with Crippen LogP contribution >= 0.6 is 0 Å². The van der Waals surface area contributed by atoms with E-state index in [1.165, 1.54) is 0 Å². The van der Waals surface area contributed by atoms with Crippen molar-refractivity contribution in [2.45, 2.75) is 0 Å². The maximum atomic E-state index is 11.8. The van der Waals surface area contributed by atoms with Gasteiger partial charge >= 0.3 is 0 Å². The van der Waals surface area contributed by atoms with Crippen molar-refractivity contribution in [2.75, 3.05) is 5.73 Å². The Morgan fingerprint density at radius 3 is 2.41 bits per heavy atom. The fourth-order valence-corrected chi connectivity index (χ4v) is 2.01. The number of nitrogens with one attached hydrogen (secondary N) is 2. The Morgan fingerprint density at radius 2 is 1.59 bits per heavy atom. The third-order valence-corrected chi connectivity index (χ3v) is 2.81. The van der Waals surface area contributed by atoms with Gasteiger partial charge in [0.1, 0.15) is 0 Å². The summed E-state index contributed by atoms with van der Waals surface area (Å²) in [6.07, 6.45) is 0. The van der Waals surface area contributed by atoms with E-state index in [-0.39, 0.29) is 11.1 Å². The Morgan fingerprint density at radius 1 is 0.882 bits per heavy atom. The van der Waals surface area contributed by atoms with Crippen LogP contribution in [0.3, 0.4) is 0 Å². The zero-order chi connectivity index (χ0) is 12.0. The molecule has 5 nitrogen and oxygen atoms in total. The molecular weight excluding hydrogens is 218 g/mol. The molecule has 0 aliphatic heterocycles. The van der Waals surface area contributed by atoms with Crippen LogP contribution < -0.4 is 16.9 Å². The zero-order valence-corrected chi connectivity index (χ0v) is 8.78. The lowest BCUT2D eigenvalue weighted by Crippen LogP contribution is -2.19. The van der Waals surface area contributed by atoms with E-state index in [1.54, 1.807) is 24.3 Å². The van der Waals surface area contributed by atoms with Crippen LogP contribution in [0.2, 0.25) is 0 Å². The molecule has 0 saturated heterocycles. The quantitative estimate of drug-likeness (QED) is 0.394. The molecule has 3 rings (SSSR count). The first-order valence-electron chi connectivity index (χ1n) is 5.10. The van der Waals surface area contributed by atoms with Crippen LogP contribution in [0, 0.1) is 0 Å². The van der Waals surface area contributed by atoms with Crippen molar-refractivity contribution in [3.05, 3.63) is 51.0 Å². The standard InChI is InChI=1S/C12H9N3O2/c13-7-3-1-6-2-4-8-10(9(6)5-7)12(17)15-14-11(8)16/h1-5H,13H2,(H,14,16)(H,15,17). The summed E-state index contributed by atoms with van der Waals surface area (Å²) in [6, 6.07) is 8.72. The van der Waals surface area contributed by atoms with Crippen molar-refractivity contribution in [3.63, 3.8) is 0 Å². The Hall–Kier alpha value is -2.56. The largest absolute Gasteiger partial charge is 0.399 e. The highest BCUT2D eigenvalue weighted by Gasteiger charge is 2.07. The molecule has 3 aromatic rings. The van der Waals surface area contributed by atoms with E-state index in [4.69, 9.17) is 5.73 Å². The second kappa shape index (κ2) is 3.21. The fourth-order valence-electron chi connectivity index (χ4n) is 2.01. The lowest BCUT2D eigenvalue weighted by molar-refractivity contribution is 0.978. The summed E-state index contributed by atoms with van der Waals surface area (Å²) < 4.78 is 0. The molecule has 0 amide bonds. The molecule has 0 aliphatic rings. The first-order valence-corrected chi connectivity index (χ1v) is 5.10. The number of aromatic amines is 2. The summed E-state index contributed by atoms with van der Waals surface area (Å²) in [6.45, 7) is 0. The molecular formula is C12H9N3O2. The van der Waals surface area contributed by atoms with E-state index >= 15 is 0 Å². The molecule has 0 fully saturated rings. The van der Waals surface area contributed by atoms with Gasteiger partial charge in [-0.25, -0.2) is 0 Å². The van der Waals surface area contributed by atoms with Gasteiger partial charge in [-0.05, 0) is 29.0 Å². The molecule has 0 atom stereocenters. The molecule has 17 heavy (non-hydrogen) atoms. The molecule has 0 spiro atoms. The van der Waals surface area contributed by atoms with Gasteiger partial charge in [0, 0.05) is 5.69 Å². The van der Waals surface area contributed by atoms with Gasteiger partial charge in [-0.2, -0.15) is 0 Å². The summed E-state index contributed by atoms with van der Waals surface area (Å²) in [4.78, 5) is 23.4. The molecule has 1 aromatic heterocycles. The number of H-pyrrole nitrogens is 2. The molecule has 0 unspecified atom stereocenters. The van der Waals surface area contributed by atoms with Crippen LogP contribution in [0.25, 0.3) is 21.5 Å². The average molecular weight is 227 g/mol. The summed E-state index contributed by atoms with van der Waals surface area (Å²) in [7, 11) is 0. The summed E-state index contributed by atoms with van der Waals surface area (Å²) in [5, 5.41) is 6.93. The second-order valence-corrected chi connectivity index (χ2v) is 3.88. The Balaban J connectivity index is 2.72. The number of hydrogen-bond donors (Lipinski definition) is 3. The Bertz CT molecular complexity index is 846. The second-order valence-electron chi connectivity index (χ2n) is 3.88. The summed E-state index contributed by atoms with van der Waals surface area (Å²) in [5.41, 5.74) is 5.63. The van der Waals surface area contributed by atoms with Gasteiger partial charge < -0.3 is 5.73 Å². The van der Waals surface area contributed by atoms with Crippen molar-refractivity contribution in [1.29, 1.82) is 0 Å². The van der Waals surface area contributed by atoms with E-state index in [1.807, 2.05) is 6.07 Å². The number of anilines is 1. The van der Waals surface area contributed by atoms with E-state index in [0.29, 0.717) is 21.8 Å². The summed E-state index contributed by atoms with van der Waals surface area (Å²) in [5.74, 6) is 0. The van der Waals surface area contributed by atoms with Crippen molar-refractivity contribution in [2.24, 2.45) is 0 Å². The predicted octanol–water partition coefficient (Wildman–Crippen LogP) is 0.952. The van der Waals surface area contributed by atoms with Crippen molar-refractivity contribution >= 4 is 27.2 Å². The topological polar surface area (TPSA) is 91.7 Å². The van der Waals surface area contributed by atoms with Gasteiger partial charge in [-0.1, -0.05) is 12.1 Å². The average Bonchev–Trinajstić information content (AvgIpc) is 2.33. The first-order chi connectivity index (χ1) is 8.16. The van der Waals surface area contributed by atoms with Crippen molar-refractivity contribution in [1.82, 2.24) is 10.2 Å². The number of hydrogen-bond acceptors (Lipinski definition) is 3.